The van der Waals surface area contributed by atoms with Gasteiger partial charge in [-0.2, -0.15) is 0 Å². The van der Waals surface area contributed by atoms with Gasteiger partial charge in [-0.05, 0) is 42.5 Å². The fraction of sp³-hybridized carbons (Fsp3) is 0.200. The molecule has 0 bridgehead atoms. The highest BCUT2D eigenvalue weighted by molar-refractivity contribution is 7.92. The zero-order chi connectivity index (χ0) is 19.4. The molecule has 3 aromatic rings. The van der Waals surface area contributed by atoms with Gasteiger partial charge in [0.1, 0.15) is 0 Å². The van der Waals surface area contributed by atoms with Crippen LogP contribution in [0.5, 0.6) is 0 Å². The Morgan fingerprint density at radius 3 is 2.00 bits per heavy atom. The number of sulfonamides is 1. The third-order valence-corrected chi connectivity index (χ3v) is 6.05. The lowest BCUT2D eigenvalue weighted by Gasteiger charge is -2.36. The fourth-order valence-electron chi connectivity index (χ4n) is 3.17. The lowest BCUT2D eigenvalue weighted by Crippen LogP contribution is -2.47. The van der Waals surface area contributed by atoms with Crippen LogP contribution in [0.1, 0.15) is 0 Å². The average molecular weight is 395 g/mol. The summed E-state index contributed by atoms with van der Waals surface area (Å²) in [4.78, 5) is 13.3. The van der Waals surface area contributed by atoms with Crippen LogP contribution in [0.25, 0.3) is 0 Å². The first kappa shape index (κ1) is 18.2. The van der Waals surface area contributed by atoms with Gasteiger partial charge in [-0.25, -0.2) is 18.4 Å². The van der Waals surface area contributed by atoms with Crippen molar-refractivity contribution in [2.45, 2.75) is 4.90 Å². The van der Waals surface area contributed by atoms with Crippen molar-refractivity contribution >= 4 is 27.3 Å². The normalized spacial score (nSPS) is 14.7. The van der Waals surface area contributed by atoms with Crippen LogP contribution < -0.4 is 14.5 Å². The molecule has 0 unspecified atom stereocenters. The van der Waals surface area contributed by atoms with Crippen LogP contribution in [-0.2, 0) is 10.0 Å². The van der Waals surface area contributed by atoms with Gasteiger partial charge in [-0.1, -0.05) is 18.2 Å². The van der Waals surface area contributed by atoms with E-state index < -0.39 is 10.0 Å². The zero-order valence-corrected chi connectivity index (χ0v) is 16.1. The Bertz CT molecular complexity index is 1000. The summed E-state index contributed by atoms with van der Waals surface area (Å²) in [6, 6.07) is 17.6. The van der Waals surface area contributed by atoms with Gasteiger partial charge < -0.3 is 9.80 Å². The monoisotopic (exact) mass is 395 g/mol. The minimum Gasteiger partial charge on any atom is -0.368 e. The van der Waals surface area contributed by atoms with Gasteiger partial charge in [0, 0.05) is 49.9 Å². The highest BCUT2D eigenvalue weighted by Crippen LogP contribution is 2.22. The van der Waals surface area contributed by atoms with E-state index in [4.69, 9.17) is 0 Å². The van der Waals surface area contributed by atoms with E-state index in [1.807, 2.05) is 18.2 Å². The molecule has 144 valence electrons. The summed E-state index contributed by atoms with van der Waals surface area (Å²) in [6.07, 6.45) is 3.51. The molecule has 0 amide bonds. The van der Waals surface area contributed by atoms with Crippen molar-refractivity contribution in [1.29, 1.82) is 0 Å². The summed E-state index contributed by atoms with van der Waals surface area (Å²) in [5.41, 5.74) is 1.61. The van der Waals surface area contributed by atoms with E-state index in [0.717, 1.165) is 37.8 Å². The Kier molecular flexibility index (Phi) is 5.12. The van der Waals surface area contributed by atoms with Gasteiger partial charge >= 0.3 is 0 Å². The Morgan fingerprint density at radius 2 is 1.36 bits per heavy atom. The van der Waals surface area contributed by atoms with Crippen LogP contribution in [0.2, 0.25) is 0 Å². The lowest BCUT2D eigenvalue weighted by molar-refractivity contribution is 0.601. The molecule has 0 aliphatic carbocycles. The molecule has 2 heterocycles. The largest absolute Gasteiger partial charge is 0.368 e. The van der Waals surface area contributed by atoms with E-state index in [-0.39, 0.29) is 4.90 Å². The molecular formula is C20H21N5O2S. The molecule has 8 heteroatoms. The minimum absolute atomic E-state index is 0.248. The highest BCUT2D eigenvalue weighted by Gasteiger charge is 2.19. The summed E-state index contributed by atoms with van der Waals surface area (Å²) >= 11 is 0. The number of hydrogen-bond donors (Lipinski definition) is 1. The third kappa shape index (κ3) is 4.07. The topological polar surface area (TPSA) is 78.4 Å². The third-order valence-electron chi connectivity index (χ3n) is 4.65. The second-order valence-corrected chi connectivity index (χ2v) is 8.17. The molecule has 0 radical (unpaired) electrons. The number of nitrogens with one attached hydrogen (secondary N) is 1. The van der Waals surface area contributed by atoms with Crippen molar-refractivity contribution in [1.82, 2.24) is 9.97 Å². The van der Waals surface area contributed by atoms with Crippen LogP contribution in [-0.4, -0.2) is 44.6 Å². The smallest absolute Gasteiger partial charge is 0.261 e. The van der Waals surface area contributed by atoms with Crippen molar-refractivity contribution < 1.29 is 8.42 Å². The minimum atomic E-state index is -3.57. The second-order valence-electron chi connectivity index (χ2n) is 6.49. The van der Waals surface area contributed by atoms with E-state index in [0.29, 0.717) is 5.69 Å². The standard InChI is InChI=1S/C20H21N5O2S/c26-28(27,19-5-2-1-3-6-19)23-17-7-9-18(10-8-17)24-13-15-25(16-14-24)20-21-11-4-12-22-20/h1-12,23H,13-16H2. The zero-order valence-electron chi connectivity index (χ0n) is 15.3. The molecule has 2 aromatic carbocycles. The molecule has 7 nitrogen and oxygen atoms in total. The van der Waals surface area contributed by atoms with Gasteiger partial charge in [0.15, 0.2) is 0 Å². The molecule has 1 N–H and O–H groups in total. The summed E-state index contributed by atoms with van der Waals surface area (Å²) in [6.45, 7) is 3.39. The number of anilines is 3. The van der Waals surface area contributed by atoms with Crippen LogP contribution in [0.4, 0.5) is 17.3 Å². The predicted molar refractivity (Wildman–Crippen MR) is 110 cm³/mol. The Balaban J connectivity index is 1.39. The predicted octanol–water partition coefficient (Wildman–Crippen LogP) is 2.60. The SMILES string of the molecule is O=S(=O)(Nc1ccc(N2CCN(c3ncccn3)CC2)cc1)c1ccccc1. The number of rotatable bonds is 5. The summed E-state index contributed by atoms with van der Waals surface area (Å²) in [7, 11) is -3.57. The van der Waals surface area contributed by atoms with E-state index in [1.54, 1.807) is 54.9 Å². The van der Waals surface area contributed by atoms with Gasteiger partial charge in [0.2, 0.25) is 5.95 Å². The number of nitrogens with zero attached hydrogens (tertiary/aromatic N) is 4. The van der Waals surface area contributed by atoms with Crippen LogP contribution in [0, 0.1) is 0 Å². The maximum Gasteiger partial charge on any atom is 0.261 e. The maximum atomic E-state index is 12.4. The first-order valence-electron chi connectivity index (χ1n) is 9.07. The van der Waals surface area contributed by atoms with E-state index >= 15 is 0 Å². The Hall–Kier alpha value is -3.13. The molecule has 4 rings (SSSR count). The maximum absolute atomic E-state index is 12.4. The Morgan fingerprint density at radius 1 is 0.750 bits per heavy atom. The molecule has 1 aliphatic rings. The lowest BCUT2D eigenvalue weighted by atomic mass is 10.2. The highest BCUT2D eigenvalue weighted by atomic mass is 32.2. The number of hydrogen-bond acceptors (Lipinski definition) is 6. The van der Waals surface area contributed by atoms with Gasteiger partial charge in [-0.3, -0.25) is 4.72 Å². The molecule has 0 atom stereocenters. The molecule has 1 fully saturated rings. The first-order chi connectivity index (χ1) is 13.6. The van der Waals surface area contributed by atoms with E-state index in [2.05, 4.69) is 24.5 Å². The Labute approximate surface area is 164 Å². The van der Waals surface area contributed by atoms with E-state index in [1.165, 1.54) is 0 Å². The van der Waals surface area contributed by atoms with Crippen LogP contribution in [0.3, 0.4) is 0 Å². The van der Waals surface area contributed by atoms with Crippen molar-refractivity contribution in [3.8, 4) is 0 Å². The van der Waals surface area contributed by atoms with Gasteiger partial charge in [0.25, 0.3) is 10.0 Å². The number of piperazine rings is 1. The second kappa shape index (κ2) is 7.85. The van der Waals surface area contributed by atoms with E-state index in [9.17, 15) is 8.42 Å². The van der Waals surface area contributed by atoms with Crippen molar-refractivity contribution in [3.05, 3.63) is 73.1 Å². The molecule has 28 heavy (non-hydrogen) atoms. The van der Waals surface area contributed by atoms with Crippen molar-refractivity contribution in [2.24, 2.45) is 0 Å². The average Bonchev–Trinajstić information content (AvgIpc) is 2.75. The molecule has 0 saturated carbocycles. The summed E-state index contributed by atoms with van der Waals surface area (Å²) in [5, 5.41) is 0. The first-order valence-corrected chi connectivity index (χ1v) is 10.5. The molecular weight excluding hydrogens is 374 g/mol. The molecule has 1 aromatic heterocycles. The van der Waals surface area contributed by atoms with Gasteiger partial charge in [0.05, 0.1) is 4.90 Å². The van der Waals surface area contributed by atoms with Gasteiger partial charge in [-0.15, -0.1) is 0 Å². The summed E-state index contributed by atoms with van der Waals surface area (Å²) in [5.74, 6) is 0.757. The summed E-state index contributed by atoms with van der Waals surface area (Å²) < 4.78 is 27.5. The van der Waals surface area contributed by atoms with Crippen molar-refractivity contribution in [2.75, 3.05) is 40.7 Å². The molecule has 0 spiro atoms. The van der Waals surface area contributed by atoms with Crippen LogP contribution >= 0.6 is 0 Å². The molecule has 1 aliphatic heterocycles. The number of benzene rings is 2. The van der Waals surface area contributed by atoms with Crippen LogP contribution in [0.15, 0.2) is 78.0 Å². The molecule has 1 saturated heterocycles. The van der Waals surface area contributed by atoms with Crippen molar-refractivity contribution in [3.63, 3.8) is 0 Å². The number of aromatic nitrogens is 2. The fourth-order valence-corrected chi connectivity index (χ4v) is 4.25. The quantitative estimate of drug-likeness (QED) is 0.715.